The summed E-state index contributed by atoms with van der Waals surface area (Å²) >= 11 is 6.40. The van der Waals surface area contributed by atoms with Crippen LogP contribution in [0.25, 0.3) is 0 Å². The van der Waals surface area contributed by atoms with Gasteiger partial charge in [-0.3, -0.25) is 34.6 Å². The highest BCUT2D eigenvalue weighted by molar-refractivity contribution is 8.01. The molecule has 0 spiro atoms. The molecule has 7 unspecified atom stereocenters. The summed E-state index contributed by atoms with van der Waals surface area (Å²) in [7, 11) is 1.42. The number of carbonyl (C=O) groups is 6. The highest BCUT2D eigenvalue weighted by Crippen LogP contribution is 2.52. The van der Waals surface area contributed by atoms with Gasteiger partial charge in [0.15, 0.2) is 17.6 Å². The second-order valence-electron chi connectivity index (χ2n) is 13.6. The van der Waals surface area contributed by atoms with E-state index in [1.165, 1.54) is 37.3 Å². The SMILES string of the molecule is CN=CNC(C=S)=C(NOC(C(=O)O)C(C=O)CO)C(=O)NC1C(=O)N2C(C(=O)O)=C3C[N+]4(CCN5Cc6cc(O)c(O)cc6C5=O)CCC(C4)C3SC12. The van der Waals surface area contributed by atoms with Crippen molar-refractivity contribution in [3.8, 4) is 11.5 Å². The number of benzene rings is 1. The van der Waals surface area contributed by atoms with Crippen LogP contribution in [0.2, 0.25) is 0 Å². The molecule has 1 aromatic rings. The van der Waals surface area contributed by atoms with Crippen molar-refractivity contribution in [3.05, 3.63) is 45.9 Å². The zero-order valence-corrected chi connectivity index (χ0v) is 30.3. The zero-order chi connectivity index (χ0) is 39.1. The van der Waals surface area contributed by atoms with E-state index in [-0.39, 0.29) is 52.8 Å². The van der Waals surface area contributed by atoms with Gasteiger partial charge in [-0.2, -0.15) is 0 Å². The molecule has 7 atom stereocenters. The molecule has 3 fully saturated rings. The maximum Gasteiger partial charge on any atom is 0.352 e. The van der Waals surface area contributed by atoms with Crippen molar-refractivity contribution in [2.45, 2.75) is 35.7 Å². The molecule has 54 heavy (non-hydrogen) atoms. The number of nitrogens with zero attached hydrogens (tertiary/aromatic N) is 4. The van der Waals surface area contributed by atoms with Crippen LogP contribution in [0, 0.1) is 11.8 Å². The Labute approximate surface area is 316 Å². The highest BCUT2D eigenvalue weighted by atomic mass is 32.2. The minimum absolute atomic E-state index is 0.0392. The summed E-state index contributed by atoms with van der Waals surface area (Å²) in [5, 5.41) is 54.5. The van der Waals surface area contributed by atoms with Crippen LogP contribution in [0.15, 0.2) is 39.8 Å². The van der Waals surface area contributed by atoms with Crippen LogP contribution in [0.4, 0.5) is 0 Å². The van der Waals surface area contributed by atoms with E-state index >= 15 is 0 Å². The Hall–Kier alpha value is -5.09. The van der Waals surface area contributed by atoms with Gasteiger partial charge < -0.3 is 50.3 Å². The number of amides is 3. The third-order valence-corrected chi connectivity index (χ3v) is 12.4. The van der Waals surface area contributed by atoms with Gasteiger partial charge in [0.1, 0.15) is 35.6 Å². The Kier molecular flexibility index (Phi) is 11.0. The second kappa shape index (κ2) is 15.3. The molecular formula is C33H38N7O12S2+. The number of hydrogen-bond donors (Lipinski definition) is 8. The van der Waals surface area contributed by atoms with Crippen molar-refractivity contribution in [1.29, 1.82) is 0 Å². The Balaban J connectivity index is 1.19. The molecule has 5 aliphatic rings. The summed E-state index contributed by atoms with van der Waals surface area (Å²) in [6, 6.07) is 1.44. The number of aliphatic carboxylic acids is 2. The van der Waals surface area contributed by atoms with E-state index in [1.54, 1.807) is 4.90 Å². The van der Waals surface area contributed by atoms with Crippen molar-refractivity contribution < 1.29 is 63.6 Å². The van der Waals surface area contributed by atoms with Crippen LogP contribution < -0.4 is 16.1 Å². The number of phenolic OH excluding ortho intramolecular Hbond substituents is 2. The number of carbonyl (C=O) groups excluding carboxylic acids is 4. The normalized spacial score (nSPS) is 26.9. The van der Waals surface area contributed by atoms with Gasteiger partial charge in [0, 0.05) is 47.7 Å². The lowest BCUT2D eigenvalue weighted by atomic mass is 9.90. The third kappa shape index (κ3) is 6.88. The minimum atomic E-state index is -1.92. The molecule has 6 rings (SSSR count). The Morgan fingerprint density at radius 3 is 2.59 bits per heavy atom. The number of aromatic hydroxyl groups is 2. The predicted molar refractivity (Wildman–Crippen MR) is 191 cm³/mol. The molecule has 5 heterocycles. The topological polar surface area (TPSA) is 268 Å². The number of allylic oxidation sites excluding steroid dienone is 1. The smallest absolute Gasteiger partial charge is 0.352 e. The molecule has 0 saturated carbocycles. The van der Waals surface area contributed by atoms with Gasteiger partial charge in [0.25, 0.3) is 17.7 Å². The summed E-state index contributed by atoms with van der Waals surface area (Å²) in [6.45, 7) is 2.05. The number of thiocarbonyl (C=S) groups is 1. The number of carboxylic acid groups (broad SMARTS) is 2. The molecule has 5 aliphatic heterocycles. The summed E-state index contributed by atoms with van der Waals surface area (Å²) in [6.07, 6.45) is 0.198. The molecule has 0 aromatic heterocycles. The van der Waals surface area contributed by atoms with Crippen LogP contribution in [0.5, 0.6) is 11.5 Å². The molecule has 8 N–H and O–H groups in total. The van der Waals surface area contributed by atoms with Crippen molar-refractivity contribution in [1.82, 2.24) is 25.9 Å². The number of nitrogens with one attached hydrogen (secondary N) is 3. The number of piperidine rings is 1. The fourth-order valence-electron chi connectivity index (χ4n) is 7.75. The predicted octanol–water partition coefficient (Wildman–Crippen LogP) is -1.75. The number of aliphatic hydroxyl groups is 1. The van der Waals surface area contributed by atoms with Gasteiger partial charge in [-0.25, -0.2) is 9.59 Å². The van der Waals surface area contributed by atoms with Crippen LogP contribution in [-0.2, 0) is 35.4 Å². The van der Waals surface area contributed by atoms with Gasteiger partial charge in [-0.15, -0.1) is 11.8 Å². The van der Waals surface area contributed by atoms with E-state index in [0.717, 1.165) is 23.2 Å². The lowest BCUT2D eigenvalue weighted by Gasteiger charge is -2.54. The van der Waals surface area contributed by atoms with Crippen LogP contribution in [-0.4, -0.2) is 157 Å². The number of fused-ring (bicyclic) bond motifs is 6. The molecule has 288 valence electrons. The highest BCUT2D eigenvalue weighted by Gasteiger charge is 2.61. The average Bonchev–Trinajstić information content (AvgIpc) is 3.65. The molecule has 19 nitrogen and oxygen atoms in total. The molecule has 21 heteroatoms. The van der Waals surface area contributed by atoms with Gasteiger partial charge >= 0.3 is 11.9 Å². The van der Waals surface area contributed by atoms with Crippen molar-refractivity contribution in [2.24, 2.45) is 16.8 Å². The van der Waals surface area contributed by atoms with E-state index < -0.39 is 59.5 Å². The van der Waals surface area contributed by atoms with Crippen LogP contribution in [0.3, 0.4) is 0 Å². The fraction of sp³-hybridized carbons (Fsp3) is 0.455. The molecule has 0 aliphatic carbocycles. The largest absolute Gasteiger partial charge is 0.504 e. The number of carboxylic acids is 2. The monoisotopic (exact) mass is 788 g/mol. The number of aliphatic imine (C=N–C) groups is 1. The first-order valence-electron chi connectivity index (χ1n) is 16.8. The van der Waals surface area contributed by atoms with Crippen molar-refractivity contribution >= 4 is 71.6 Å². The minimum Gasteiger partial charge on any atom is -0.504 e. The maximum atomic E-state index is 13.7. The number of hydrogen-bond acceptors (Lipinski definition) is 14. The molecule has 3 saturated heterocycles. The Morgan fingerprint density at radius 1 is 1.20 bits per heavy atom. The average molecular weight is 789 g/mol. The van der Waals surface area contributed by atoms with E-state index in [4.69, 9.17) is 17.1 Å². The molecule has 1 aromatic carbocycles. The summed E-state index contributed by atoms with van der Waals surface area (Å²) in [5.74, 6) is -6.99. The number of thioether (sulfide) groups is 1. The first-order valence-corrected chi connectivity index (χ1v) is 18.2. The fourth-order valence-corrected chi connectivity index (χ4v) is 9.71. The van der Waals surface area contributed by atoms with E-state index in [0.29, 0.717) is 47.4 Å². The van der Waals surface area contributed by atoms with Gasteiger partial charge in [-0.1, -0.05) is 12.2 Å². The molecule has 3 amide bonds. The number of β-lactam (4-membered cyclic amide) rings is 1. The van der Waals surface area contributed by atoms with E-state index in [2.05, 4.69) is 21.1 Å². The van der Waals surface area contributed by atoms with Gasteiger partial charge in [0.05, 0.1) is 50.7 Å². The Morgan fingerprint density at radius 2 is 1.94 bits per heavy atom. The summed E-state index contributed by atoms with van der Waals surface area (Å²) in [5.41, 5.74) is 2.98. The Bertz CT molecular complexity index is 1910. The number of rotatable bonds is 16. The number of quaternary nitrogens is 1. The van der Waals surface area contributed by atoms with Gasteiger partial charge in [0.2, 0.25) is 0 Å². The second-order valence-corrected chi connectivity index (χ2v) is 15.1. The molecule has 0 radical (unpaired) electrons. The van der Waals surface area contributed by atoms with Crippen molar-refractivity contribution in [2.75, 3.05) is 46.4 Å². The zero-order valence-electron chi connectivity index (χ0n) is 28.7. The van der Waals surface area contributed by atoms with Gasteiger partial charge in [-0.05, 0) is 17.7 Å². The number of aldehydes is 1. The first-order chi connectivity index (χ1) is 25.8. The summed E-state index contributed by atoms with van der Waals surface area (Å²) in [4.78, 5) is 88.2. The van der Waals surface area contributed by atoms with E-state index in [9.17, 15) is 54.3 Å². The maximum absolute atomic E-state index is 13.7. The van der Waals surface area contributed by atoms with Crippen LogP contribution in [0.1, 0.15) is 22.3 Å². The molecule has 2 bridgehead atoms. The lowest BCUT2D eigenvalue weighted by Crippen LogP contribution is -2.72. The standard InChI is InChI=1S/C33H37N7O12S2/c1-34-14-35-20(13-53)23(37-52-26(33(50)51)17(11-41)12-42)28(45)36-24-30(47)39-25(32(48)49)19-10-40(4-2-15(9-40)27(19)54-31(24)39)5-3-38-8-16-6-21(43)22(44)7-18(16)29(38)46/h6-7,11,13-15,17,24,26-27,31,42H,2-5,8-10,12H2,1H3,(H6-,34,35,36,37,43,44,45,46,48,49,50,51,53)/p+1. The first kappa shape index (κ1) is 38.6. The lowest BCUT2D eigenvalue weighted by molar-refractivity contribution is -0.915. The number of hydroxylamine groups is 1. The van der Waals surface area contributed by atoms with Crippen molar-refractivity contribution in [3.63, 3.8) is 0 Å². The number of phenols is 2. The summed E-state index contributed by atoms with van der Waals surface area (Å²) < 4.78 is 0.518. The van der Waals surface area contributed by atoms with E-state index in [1.807, 2.05) is 0 Å². The van der Waals surface area contributed by atoms with Crippen LogP contribution >= 0.6 is 24.0 Å². The quantitative estimate of drug-likeness (QED) is 0.0106. The third-order valence-electron chi connectivity index (χ3n) is 10.4. The molecular weight excluding hydrogens is 751 g/mol. The number of aliphatic hydroxyl groups excluding tert-OH is 1.